The number of anilines is 1. The fourth-order valence-corrected chi connectivity index (χ4v) is 3.84. The average Bonchev–Trinajstić information content (AvgIpc) is 2.75. The lowest BCUT2D eigenvalue weighted by Gasteiger charge is -2.21. The number of aliphatic hydroxyl groups excluding tert-OH is 1. The Morgan fingerprint density at radius 2 is 1.56 bits per heavy atom. The van der Waals surface area contributed by atoms with Crippen molar-refractivity contribution < 1.29 is 14.6 Å². The summed E-state index contributed by atoms with van der Waals surface area (Å²) in [4.78, 5) is 14.2. The molecule has 0 aliphatic carbocycles. The van der Waals surface area contributed by atoms with E-state index in [-0.39, 0.29) is 19.1 Å². The summed E-state index contributed by atoms with van der Waals surface area (Å²) in [6, 6.07) is 22.1. The second kappa shape index (κ2) is 10.9. The number of carbonyl (C=O) groups is 1. The van der Waals surface area contributed by atoms with Gasteiger partial charge in [-0.15, -0.1) is 0 Å². The van der Waals surface area contributed by atoms with Gasteiger partial charge in [0.1, 0.15) is 18.5 Å². The molecule has 0 bridgehead atoms. The van der Waals surface area contributed by atoms with Crippen LogP contribution in [0.15, 0.2) is 66.7 Å². The Balaban J connectivity index is 1.44. The van der Waals surface area contributed by atoms with E-state index in [9.17, 15) is 9.90 Å². The van der Waals surface area contributed by atoms with Gasteiger partial charge in [0.15, 0.2) is 0 Å². The molecule has 0 saturated carbocycles. The smallest absolute Gasteiger partial charge is 0.238 e. The molecular formula is C27H32N2O3. The molecule has 2 N–H and O–H groups in total. The maximum atomic E-state index is 12.5. The Morgan fingerprint density at radius 1 is 0.969 bits per heavy atom. The number of likely N-dealkylation sites (N-methyl/N-ethyl adjacent to an activating group) is 1. The lowest BCUT2D eigenvalue weighted by molar-refractivity contribution is -0.117. The Morgan fingerprint density at radius 3 is 2.19 bits per heavy atom. The summed E-state index contributed by atoms with van der Waals surface area (Å²) < 4.78 is 5.73. The molecule has 0 spiro atoms. The van der Waals surface area contributed by atoms with Crippen LogP contribution in [-0.2, 0) is 4.79 Å². The summed E-state index contributed by atoms with van der Waals surface area (Å²) >= 11 is 0. The second-order valence-corrected chi connectivity index (χ2v) is 8.37. The summed E-state index contributed by atoms with van der Waals surface area (Å²) in [6.07, 6.45) is -0.704. The van der Waals surface area contributed by atoms with Crippen LogP contribution in [0.2, 0.25) is 0 Å². The van der Waals surface area contributed by atoms with Crippen molar-refractivity contribution in [2.75, 3.05) is 32.1 Å². The third-order valence-corrected chi connectivity index (χ3v) is 5.28. The zero-order chi connectivity index (χ0) is 23.1. The van der Waals surface area contributed by atoms with E-state index in [0.717, 1.165) is 27.9 Å². The van der Waals surface area contributed by atoms with Gasteiger partial charge < -0.3 is 15.2 Å². The predicted octanol–water partition coefficient (Wildman–Crippen LogP) is 4.59. The highest BCUT2D eigenvalue weighted by molar-refractivity contribution is 5.93. The Hall–Kier alpha value is -3.15. The summed E-state index contributed by atoms with van der Waals surface area (Å²) in [5.41, 5.74) is 6.39. The highest BCUT2D eigenvalue weighted by Gasteiger charge is 2.14. The van der Waals surface area contributed by atoms with E-state index in [1.165, 1.54) is 5.56 Å². The summed E-state index contributed by atoms with van der Waals surface area (Å²) in [5, 5.41) is 13.3. The van der Waals surface area contributed by atoms with E-state index in [2.05, 4.69) is 29.6 Å². The third-order valence-electron chi connectivity index (χ3n) is 5.28. The molecule has 32 heavy (non-hydrogen) atoms. The minimum absolute atomic E-state index is 0.104. The number of ether oxygens (including phenoxy) is 1. The minimum atomic E-state index is -0.704. The van der Waals surface area contributed by atoms with Crippen LogP contribution in [0.25, 0.3) is 11.1 Å². The molecule has 5 nitrogen and oxygen atoms in total. The highest BCUT2D eigenvalue weighted by atomic mass is 16.5. The van der Waals surface area contributed by atoms with Crippen molar-refractivity contribution in [1.82, 2.24) is 4.90 Å². The molecule has 0 aromatic heterocycles. The third kappa shape index (κ3) is 6.67. The van der Waals surface area contributed by atoms with Crippen LogP contribution >= 0.6 is 0 Å². The number of hydrogen-bond donors (Lipinski definition) is 2. The number of rotatable bonds is 9. The number of amides is 1. The maximum absolute atomic E-state index is 12.5. The molecule has 0 radical (unpaired) electrons. The summed E-state index contributed by atoms with van der Waals surface area (Å²) in [7, 11) is 1.81. The van der Waals surface area contributed by atoms with E-state index in [0.29, 0.717) is 12.3 Å². The lowest BCUT2D eigenvalue weighted by atomic mass is 10.1. The molecule has 1 atom stereocenters. The van der Waals surface area contributed by atoms with Crippen molar-refractivity contribution in [3.63, 3.8) is 0 Å². The Kier molecular flexibility index (Phi) is 8.03. The lowest BCUT2D eigenvalue weighted by Crippen LogP contribution is -2.38. The van der Waals surface area contributed by atoms with Crippen molar-refractivity contribution >= 4 is 11.6 Å². The first-order valence-corrected chi connectivity index (χ1v) is 10.8. The Bertz CT molecular complexity index is 1010. The molecule has 0 aliphatic rings. The van der Waals surface area contributed by atoms with Gasteiger partial charge in [-0.2, -0.15) is 0 Å². The van der Waals surface area contributed by atoms with E-state index in [4.69, 9.17) is 4.74 Å². The fraction of sp³-hybridized carbons (Fsp3) is 0.296. The number of benzene rings is 3. The normalized spacial score (nSPS) is 11.9. The van der Waals surface area contributed by atoms with Crippen LogP contribution < -0.4 is 10.1 Å². The van der Waals surface area contributed by atoms with Gasteiger partial charge in [-0.1, -0.05) is 60.2 Å². The van der Waals surface area contributed by atoms with Gasteiger partial charge in [0, 0.05) is 12.2 Å². The van der Waals surface area contributed by atoms with E-state index in [1.54, 1.807) is 4.90 Å². The van der Waals surface area contributed by atoms with Gasteiger partial charge in [-0.25, -0.2) is 0 Å². The number of nitrogens with one attached hydrogen (secondary N) is 1. The molecule has 1 amide bonds. The quantitative estimate of drug-likeness (QED) is 0.519. The SMILES string of the molecule is Cc1cc(C)c(NC(=O)CN(C)C[C@@H](O)COc2ccc(-c3ccccc3)cc2)c(C)c1. The highest BCUT2D eigenvalue weighted by Crippen LogP contribution is 2.23. The summed E-state index contributed by atoms with van der Waals surface area (Å²) in [6.45, 7) is 6.71. The molecular weight excluding hydrogens is 400 g/mol. The standard InChI is InChI=1S/C27H32N2O3/c1-19-14-20(2)27(21(3)15-19)28-26(31)17-29(4)16-24(30)18-32-25-12-10-23(11-13-25)22-8-6-5-7-9-22/h5-15,24,30H,16-18H2,1-4H3,(H,28,31)/t24-/m1/s1. The molecule has 3 aromatic rings. The molecule has 0 fully saturated rings. The van der Waals surface area contributed by atoms with Crippen LogP contribution in [0.3, 0.4) is 0 Å². The molecule has 3 aromatic carbocycles. The van der Waals surface area contributed by atoms with Gasteiger partial charge in [-0.05, 0) is 62.2 Å². The first-order chi connectivity index (χ1) is 15.3. The van der Waals surface area contributed by atoms with Crippen LogP contribution in [0, 0.1) is 20.8 Å². The van der Waals surface area contributed by atoms with Crippen molar-refractivity contribution in [3.8, 4) is 16.9 Å². The van der Waals surface area contributed by atoms with E-state index >= 15 is 0 Å². The molecule has 3 rings (SSSR count). The zero-order valence-electron chi connectivity index (χ0n) is 19.3. The average molecular weight is 433 g/mol. The van der Waals surface area contributed by atoms with Crippen LogP contribution in [0.5, 0.6) is 5.75 Å². The molecule has 0 unspecified atom stereocenters. The van der Waals surface area contributed by atoms with Gasteiger partial charge in [0.25, 0.3) is 0 Å². The molecule has 0 saturated heterocycles. The van der Waals surface area contributed by atoms with Crippen LogP contribution in [-0.4, -0.2) is 48.8 Å². The number of nitrogens with zero attached hydrogens (tertiary/aromatic N) is 1. The van der Waals surface area contributed by atoms with Crippen LogP contribution in [0.1, 0.15) is 16.7 Å². The number of aryl methyl sites for hydroxylation is 3. The van der Waals surface area contributed by atoms with Crippen molar-refractivity contribution in [2.24, 2.45) is 0 Å². The van der Waals surface area contributed by atoms with Crippen molar-refractivity contribution in [3.05, 3.63) is 83.4 Å². The Labute approximate surface area is 190 Å². The predicted molar refractivity (Wildman–Crippen MR) is 130 cm³/mol. The maximum Gasteiger partial charge on any atom is 0.238 e. The van der Waals surface area contributed by atoms with Gasteiger partial charge in [-0.3, -0.25) is 9.69 Å². The van der Waals surface area contributed by atoms with Crippen molar-refractivity contribution in [2.45, 2.75) is 26.9 Å². The molecule has 168 valence electrons. The summed E-state index contributed by atoms with van der Waals surface area (Å²) in [5.74, 6) is 0.599. The van der Waals surface area contributed by atoms with Crippen molar-refractivity contribution in [1.29, 1.82) is 0 Å². The van der Waals surface area contributed by atoms with E-state index < -0.39 is 6.10 Å². The largest absolute Gasteiger partial charge is 0.491 e. The molecule has 5 heteroatoms. The number of hydrogen-bond acceptors (Lipinski definition) is 4. The number of aliphatic hydroxyl groups is 1. The second-order valence-electron chi connectivity index (χ2n) is 8.37. The first kappa shape index (κ1) is 23.5. The monoisotopic (exact) mass is 432 g/mol. The first-order valence-electron chi connectivity index (χ1n) is 10.8. The topological polar surface area (TPSA) is 61.8 Å². The van der Waals surface area contributed by atoms with Crippen LogP contribution in [0.4, 0.5) is 5.69 Å². The van der Waals surface area contributed by atoms with Gasteiger partial charge >= 0.3 is 0 Å². The van der Waals surface area contributed by atoms with Gasteiger partial charge in [0.05, 0.1) is 6.54 Å². The van der Waals surface area contributed by atoms with E-state index in [1.807, 2.05) is 70.3 Å². The molecule has 0 aliphatic heterocycles. The fourth-order valence-electron chi connectivity index (χ4n) is 3.84. The zero-order valence-corrected chi connectivity index (χ0v) is 19.3. The van der Waals surface area contributed by atoms with Gasteiger partial charge in [0.2, 0.25) is 5.91 Å². The molecule has 0 heterocycles. The number of carbonyl (C=O) groups excluding carboxylic acids is 1. The minimum Gasteiger partial charge on any atom is -0.491 e.